The topological polar surface area (TPSA) is 63.1 Å². The lowest BCUT2D eigenvalue weighted by Gasteiger charge is -2.01. The van der Waals surface area contributed by atoms with E-state index >= 15 is 0 Å². The molecule has 0 amide bonds. The molecule has 0 aliphatic carbocycles. The molecule has 0 saturated heterocycles. The molecule has 0 unspecified atom stereocenters. The van der Waals surface area contributed by atoms with Crippen molar-refractivity contribution in [3.05, 3.63) is 40.6 Å². The average molecular weight is 200 g/mol. The summed E-state index contributed by atoms with van der Waals surface area (Å²) in [5.41, 5.74) is 2.11. The number of nitrogens with one attached hydrogen (secondary N) is 1. The van der Waals surface area contributed by atoms with Crippen molar-refractivity contribution in [2.24, 2.45) is 0 Å². The number of aryl methyl sites for hydroxylation is 1. The molecule has 0 atom stereocenters. The van der Waals surface area contributed by atoms with Crippen LogP contribution in [0.25, 0.3) is 16.6 Å². The van der Waals surface area contributed by atoms with Gasteiger partial charge in [0.05, 0.1) is 5.52 Å². The van der Waals surface area contributed by atoms with Crippen molar-refractivity contribution in [3.8, 4) is 0 Å². The molecule has 5 nitrogen and oxygen atoms in total. The lowest BCUT2D eigenvalue weighted by Crippen LogP contribution is -2.17. The molecule has 0 bridgehead atoms. The zero-order valence-electron chi connectivity index (χ0n) is 8.06. The van der Waals surface area contributed by atoms with Crippen LogP contribution in [-0.2, 0) is 0 Å². The fraction of sp³-hybridized carbons (Fsp3) is 0.100. The van der Waals surface area contributed by atoms with E-state index in [0.717, 1.165) is 10.9 Å². The second-order valence-electron chi connectivity index (χ2n) is 3.41. The van der Waals surface area contributed by atoms with Gasteiger partial charge in [-0.05, 0) is 18.6 Å². The van der Waals surface area contributed by atoms with Crippen molar-refractivity contribution in [2.75, 3.05) is 0 Å². The van der Waals surface area contributed by atoms with Crippen LogP contribution in [0.4, 0.5) is 0 Å². The third-order valence-electron chi connectivity index (χ3n) is 2.47. The molecule has 3 rings (SSSR count). The Balaban J connectivity index is 2.74. The second kappa shape index (κ2) is 2.66. The highest BCUT2D eigenvalue weighted by Gasteiger charge is 2.07. The monoisotopic (exact) mass is 200 g/mol. The molecule has 15 heavy (non-hydrogen) atoms. The molecule has 0 aliphatic rings. The summed E-state index contributed by atoms with van der Waals surface area (Å²) in [7, 11) is 0. The van der Waals surface area contributed by atoms with E-state index in [1.807, 2.05) is 25.1 Å². The van der Waals surface area contributed by atoms with Crippen LogP contribution in [0.15, 0.2) is 29.3 Å². The Morgan fingerprint density at radius 3 is 3.13 bits per heavy atom. The summed E-state index contributed by atoms with van der Waals surface area (Å²) < 4.78 is 1.27. The van der Waals surface area contributed by atoms with E-state index in [4.69, 9.17) is 0 Å². The number of hydrogen-bond donors (Lipinski definition) is 1. The zero-order valence-corrected chi connectivity index (χ0v) is 8.06. The summed E-state index contributed by atoms with van der Waals surface area (Å²) in [6, 6.07) is 5.69. The van der Waals surface area contributed by atoms with Gasteiger partial charge in [-0.2, -0.15) is 14.6 Å². The Bertz CT molecular complexity index is 710. The maximum atomic E-state index is 11.5. The number of fused-ring (bicyclic) bond motifs is 3. The van der Waals surface area contributed by atoms with Crippen molar-refractivity contribution in [3.63, 3.8) is 0 Å². The molecule has 0 fully saturated rings. The molecule has 2 heterocycles. The highest BCUT2D eigenvalue weighted by Crippen LogP contribution is 2.17. The molecule has 1 aromatic carbocycles. The van der Waals surface area contributed by atoms with Crippen LogP contribution < -0.4 is 5.69 Å². The van der Waals surface area contributed by atoms with Gasteiger partial charge >= 0.3 is 5.69 Å². The summed E-state index contributed by atoms with van der Waals surface area (Å²) in [6.45, 7) is 1.98. The van der Waals surface area contributed by atoms with Gasteiger partial charge < -0.3 is 4.98 Å². The Labute approximate surface area is 84.4 Å². The van der Waals surface area contributed by atoms with Crippen LogP contribution in [0, 0.1) is 6.92 Å². The molecule has 74 valence electrons. The van der Waals surface area contributed by atoms with Gasteiger partial charge in [-0.25, -0.2) is 4.79 Å². The quantitative estimate of drug-likeness (QED) is 0.586. The minimum absolute atomic E-state index is 0.357. The van der Waals surface area contributed by atoms with Gasteiger partial charge in [0.25, 0.3) is 0 Å². The number of aromatic amines is 1. The normalized spacial score (nSPS) is 11.3. The Hall–Kier alpha value is -2.17. The largest absolute Gasteiger partial charge is 0.370 e. The maximum Gasteiger partial charge on any atom is 0.370 e. The predicted molar refractivity (Wildman–Crippen MR) is 55.9 cm³/mol. The van der Waals surface area contributed by atoms with Gasteiger partial charge in [-0.3, -0.25) is 0 Å². The van der Waals surface area contributed by atoms with Gasteiger partial charge in [0.1, 0.15) is 12.0 Å². The summed E-state index contributed by atoms with van der Waals surface area (Å²) in [5.74, 6) is 0. The van der Waals surface area contributed by atoms with E-state index in [-0.39, 0.29) is 5.69 Å². The third kappa shape index (κ3) is 0.999. The highest BCUT2D eigenvalue weighted by atomic mass is 16.1. The molecule has 0 radical (unpaired) electrons. The van der Waals surface area contributed by atoms with Crippen molar-refractivity contribution in [1.29, 1.82) is 0 Å². The number of hydrogen-bond acceptors (Lipinski definition) is 3. The molecule has 2 aromatic heterocycles. The number of H-pyrrole nitrogens is 1. The van der Waals surface area contributed by atoms with Gasteiger partial charge in [0.2, 0.25) is 0 Å². The van der Waals surface area contributed by atoms with E-state index in [2.05, 4.69) is 15.1 Å². The third-order valence-corrected chi connectivity index (χ3v) is 2.47. The summed E-state index contributed by atoms with van der Waals surface area (Å²) in [5, 5.41) is 4.84. The molecule has 1 N–H and O–H groups in total. The van der Waals surface area contributed by atoms with Crippen LogP contribution in [-0.4, -0.2) is 19.6 Å². The van der Waals surface area contributed by atoms with Crippen LogP contribution in [0.2, 0.25) is 0 Å². The maximum absolute atomic E-state index is 11.5. The second-order valence-corrected chi connectivity index (χ2v) is 3.41. The van der Waals surface area contributed by atoms with Crippen molar-refractivity contribution >= 4 is 16.6 Å². The van der Waals surface area contributed by atoms with Crippen LogP contribution in [0.3, 0.4) is 0 Å². The van der Waals surface area contributed by atoms with Gasteiger partial charge in [0.15, 0.2) is 0 Å². The Morgan fingerprint density at radius 2 is 2.27 bits per heavy atom. The van der Waals surface area contributed by atoms with Crippen molar-refractivity contribution in [1.82, 2.24) is 19.6 Å². The first kappa shape index (κ1) is 8.16. The van der Waals surface area contributed by atoms with E-state index in [0.29, 0.717) is 11.2 Å². The molecule has 0 spiro atoms. The highest BCUT2D eigenvalue weighted by molar-refractivity contribution is 5.93. The van der Waals surface area contributed by atoms with Crippen molar-refractivity contribution < 1.29 is 0 Å². The summed E-state index contributed by atoms with van der Waals surface area (Å²) in [4.78, 5) is 18.5. The molecular formula is C10H8N4O. The lowest BCUT2D eigenvalue weighted by atomic mass is 10.1. The first-order valence-electron chi connectivity index (χ1n) is 4.59. The number of benzene rings is 1. The van der Waals surface area contributed by atoms with Crippen molar-refractivity contribution in [2.45, 2.75) is 6.92 Å². The molecule has 3 aromatic rings. The fourth-order valence-electron chi connectivity index (χ4n) is 1.79. The lowest BCUT2D eigenvalue weighted by molar-refractivity contribution is 0.881. The van der Waals surface area contributed by atoms with Gasteiger partial charge in [-0.15, -0.1) is 0 Å². The standard InChI is InChI=1S/C10H8N4O/c1-6-3-2-4-7-8(6)9-11-5-12-14(9)10(15)13-7/h2-5H,1H3,(H,11,12). The number of aromatic nitrogens is 4. The molecule has 5 heteroatoms. The van der Waals surface area contributed by atoms with E-state index in [9.17, 15) is 4.79 Å². The number of rotatable bonds is 0. The number of nitrogens with zero attached hydrogens (tertiary/aromatic N) is 3. The van der Waals surface area contributed by atoms with Crippen LogP contribution in [0.5, 0.6) is 0 Å². The predicted octanol–water partition coefficient (Wildman–Crippen LogP) is 0.879. The van der Waals surface area contributed by atoms with Gasteiger partial charge in [0, 0.05) is 5.39 Å². The Kier molecular flexibility index (Phi) is 1.45. The van der Waals surface area contributed by atoms with Gasteiger partial charge in [-0.1, -0.05) is 12.1 Å². The minimum atomic E-state index is -0.357. The first-order valence-corrected chi connectivity index (χ1v) is 4.59. The van der Waals surface area contributed by atoms with E-state index < -0.39 is 0 Å². The van der Waals surface area contributed by atoms with Crippen LogP contribution in [0.1, 0.15) is 5.56 Å². The zero-order chi connectivity index (χ0) is 10.4. The molecular weight excluding hydrogens is 192 g/mol. The SMILES string of the molecule is Cc1cccc2nc(=O)n3nc[nH]c3c12. The van der Waals surface area contributed by atoms with Crippen LogP contribution >= 0.6 is 0 Å². The summed E-state index contributed by atoms with van der Waals surface area (Å²) >= 11 is 0. The smallest absolute Gasteiger partial charge is 0.329 e. The average Bonchev–Trinajstić information content (AvgIpc) is 2.66. The van der Waals surface area contributed by atoms with E-state index in [1.54, 1.807) is 0 Å². The fourth-order valence-corrected chi connectivity index (χ4v) is 1.79. The summed E-state index contributed by atoms with van der Waals surface area (Å²) in [6.07, 6.45) is 1.49. The Morgan fingerprint density at radius 1 is 1.40 bits per heavy atom. The minimum Gasteiger partial charge on any atom is -0.329 e. The molecule has 0 aliphatic heterocycles. The first-order chi connectivity index (χ1) is 7.27. The van der Waals surface area contributed by atoms with E-state index in [1.165, 1.54) is 10.8 Å². The molecule has 0 saturated carbocycles.